The van der Waals surface area contributed by atoms with E-state index in [0.717, 1.165) is 31.6 Å². The van der Waals surface area contributed by atoms with Gasteiger partial charge in [0.05, 0.1) is 0 Å². The molecule has 27 heavy (non-hydrogen) atoms. The Morgan fingerprint density at radius 3 is 3.04 bits per heavy atom. The van der Waals surface area contributed by atoms with Crippen molar-refractivity contribution in [3.8, 4) is 11.5 Å². The molecule has 0 saturated carbocycles. The molecule has 0 spiro atoms. The van der Waals surface area contributed by atoms with Crippen molar-refractivity contribution in [1.82, 2.24) is 29.6 Å². The Bertz CT molecular complexity index is 904. The van der Waals surface area contributed by atoms with E-state index in [4.69, 9.17) is 4.52 Å². The van der Waals surface area contributed by atoms with Crippen LogP contribution in [-0.2, 0) is 17.8 Å². The standard InChI is InChI=1S/C19H22N6O2/c1-2-16-21-10-13-24(16)12-8-17(26)25-11-5-7-15(25)19-22-18(23-27-19)14-6-3-4-9-20-14/h3-4,6,9-10,13,15H,2,5,7-8,11-12H2,1H3/t15-/m0/s1. The fourth-order valence-corrected chi connectivity index (χ4v) is 3.51. The molecular weight excluding hydrogens is 344 g/mol. The minimum absolute atomic E-state index is 0.103. The van der Waals surface area contributed by atoms with Gasteiger partial charge in [-0.25, -0.2) is 4.98 Å². The summed E-state index contributed by atoms with van der Waals surface area (Å²) >= 11 is 0. The Labute approximate surface area is 157 Å². The summed E-state index contributed by atoms with van der Waals surface area (Å²) in [6, 6.07) is 5.40. The van der Waals surface area contributed by atoms with E-state index in [9.17, 15) is 4.79 Å². The van der Waals surface area contributed by atoms with Gasteiger partial charge in [-0.1, -0.05) is 18.1 Å². The fourth-order valence-electron chi connectivity index (χ4n) is 3.51. The zero-order valence-electron chi connectivity index (χ0n) is 15.3. The van der Waals surface area contributed by atoms with E-state index in [1.165, 1.54) is 0 Å². The molecule has 4 heterocycles. The van der Waals surface area contributed by atoms with Crippen LogP contribution in [0.2, 0.25) is 0 Å². The maximum absolute atomic E-state index is 12.8. The number of carbonyl (C=O) groups excluding carboxylic acids is 1. The van der Waals surface area contributed by atoms with Crippen molar-refractivity contribution in [3.63, 3.8) is 0 Å². The second-order valence-electron chi connectivity index (χ2n) is 6.56. The number of likely N-dealkylation sites (tertiary alicyclic amines) is 1. The SMILES string of the molecule is CCc1nccn1CCC(=O)N1CCC[C@H]1c1nc(-c2ccccn2)no1. The number of rotatable bonds is 6. The lowest BCUT2D eigenvalue weighted by Crippen LogP contribution is -2.31. The number of nitrogens with zero attached hydrogens (tertiary/aromatic N) is 6. The summed E-state index contributed by atoms with van der Waals surface area (Å²) in [7, 11) is 0. The van der Waals surface area contributed by atoms with Crippen LogP contribution in [-0.4, -0.2) is 42.0 Å². The van der Waals surface area contributed by atoms with Crippen LogP contribution in [0.4, 0.5) is 0 Å². The van der Waals surface area contributed by atoms with Crippen LogP contribution in [0.5, 0.6) is 0 Å². The van der Waals surface area contributed by atoms with Gasteiger partial charge in [0.15, 0.2) is 0 Å². The molecule has 0 unspecified atom stereocenters. The summed E-state index contributed by atoms with van der Waals surface area (Å²) < 4.78 is 7.50. The summed E-state index contributed by atoms with van der Waals surface area (Å²) in [5.74, 6) is 2.04. The maximum Gasteiger partial charge on any atom is 0.249 e. The van der Waals surface area contributed by atoms with Crippen molar-refractivity contribution >= 4 is 5.91 Å². The Kier molecular flexibility index (Phi) is 4.95. The molecule has 0 aliphatic carbocycles. The molecule has 0 aromatic carbocycles. The minimum Gasteiger partial charge on any atom is -0.337 e. The first-order chi connectivity index (χ1) is 13.3. The number of carbonyl (C=O) groups is 1. The predicted octanol–water partition coefficient (Wildman–Crippen LogP) is 2.64. The molecule has 1 atom stereocenters. The van der Waals surface area contributed by atoms with E-state index < -0.39 is 0 Å². The number of amides is 1. The number of pyridine rings is 1. The van der Waals surface area contributed by atoms with E-state index in [-0.39, 0.29) is 11.9 Å². The third-order valence-electron chi connectivity index (χ3n) is 4.88. The van der Waals surface area contributed by atoms with Crippen LogP contribution in [0.1, 0.15) is 43.9 Å². The van der Waals surface area contributed by atoms with Gasteiger partial charge in [-0.2, -0.15) is 4.98 Å². The van der Waals surface area contributed by atoms with Gasteiger partial charge in [-0.15, -0.1) is 0 Å². The predicted molar refractivity (Wildman–Crippen MR) is 97.4 cm³/mol. The van der Waals surface area contributed by atoms with Crippen LogP contribution < -0.4 is 0 Å². The smallest absolute Gasteiger partial charge is 0.249 e. The van der Waals surface area contributed by atoms with Gasteiger partial charge in [-0.3, -0.25) is 9.78 Å². The first-order valence-corrected chi connectivity index (χ1v) is 9.30. The van der Waals surface area contributed by atoms with Gasteiger partial charge in [0, 0.05) is 44.5 Å². The van der Waals surface area contributed by atoms with Crippen molar-refractivity contribution in [2.45, 2.75) is 45.2 Å². The molecular formula is C19H22N6O2. The highest BCUT2D eigenvalue weighted by Gasteiger charge is 2.34. The normalized spacial score (nSPS) is 16.8. The van der Waals surface area contributed by atoms with E-state index in [1.807, 2.05) is 33.9 Å². The van der Waals surface area contributed by atoms with Crippen molar-refractivity contribution in [2.75, 3.05) is 6.54 Å². The number of hydrogen-bond donors (Lipinski definition) is 0. The molecule has 1 aliphatic rings. The van der Waals surface area contributed by atoms with Gasteiger partial charge in [0.25, 0.3) is 0 Å². The molecule has 140 valence electrons. The summed E-state index contributed by atoms with van der Waals surface area (Å²) in [4.78, 5) is 27.7. The summed E-state index contributed by atoms with van der Waals surface area (Å²) in [5.41, 5.74) is 0.663. The average molecular weight is 366 g/mol. The van der Waals surface area contributed by atoms with Crippen molar-refractivity contribution in [1.29, 1.82) is 0 Å². The summed E-state index contributed by atoms with van der Waals surface area (Å²) in [6.45, 7) is 3.41. The number of aryl methyl sites for hydroxylation is 2. The third-order valence-corrected chi connectivity index (χ3v) is 4.88. The molecule has 8 nitrogen and oxygen atoms in total. The average Bonchev–Trinajstić information content (AvgIpc) is 3.46. The molecule has 3 aromatic rings. The first kappa shape index (κ1) is 17.4. The van der Waals surface area contributed by atoms with Crippen LogP contribution >= 0.6 is 0 Å². The zero-order chi connectivity index (χ0) is 18.6. The summed E-state index contributed by atoms with van der Waals surface area (Å²) in [5, 5.41) is 4.04. The lowest BCUT2D eigenvalue weighted by atomic mass is 10.2. The van der Waals surface area contributed by atoms with E-state index in [2.05, 4.69) is 27.0 Å². The molecule has 0 bridgehead atoms. The molecule has 1 aliphatic heterocycles. The van der Waals surface area contributed by atoms with Crippen LogP contribution in [0.15, 0.2) is 41.3 Å². The van der Waals surface area contributed by atoms with E-state index >= 15 is 0 Å². The Morgan fingerprint density at radius 2 is 2.22 bits per heavy atom. The molecule has 3 aromatic heterocycles. The van der Waals surface area contributed by atoms with Crippen molar-refractivity contribution in [2.24, 2.45) is 0 Å². The molecule has 1 amide bonds. The number of hydrogen-bond acceptors (Lipinski definition) is 6. The number of aromatic nitrogens is 5. The Hall–Kier alpha value is -3.03. The fraction of sp³-hybridized carbons (Fsp3) is 0.421. The molecule has 4 rings (SSSR count). The van der Waals surface area contributed by atoms with Gasteiger partial charge in [-0.05, 0) is 25.0 Å². The van der Waals surface area contributed by atoms with Crippen molar-refractivity contribution < 1.29 is 9.32 Å². The van der Waals surface area contributed by atoms with Crippen LogP contribution in [0, 0.1) is 0 Å². The first-order valence-electron chi connectivity index (χ1n) is 9.30. The van der Waals surface area contributed by atoms with Crippen LogP contribution in [0.25, 0.3) is 11.5 Å². The maximum atomic E-state index is 12.8. The zero-order valence-corrected chi connectivity index (χ0v) is 15.3. The second kappa shape index (κ2) is 7.69. The quantitative estimate of drug-likeness (QED) is 0.666. The minimum atomic E-state index is -0.157. The monoisotopic (exact) mass is 366 g/mol. The Morgan fingerprint density at radius 1 is 1.30 bits per heavy atom. The molecule has 1 fully saturated rings. The lowest BCUT2D eigenvalue weighted by molar-refractivity contribution is -0.132. The topological polar surface area (TPSA) is 89.9 Å². The lowest BCUT2D eigenvalue weighted by Gasteiger charge is -2.22. The van der Waals surface area contributed by atoms with Gasteiger partial charge < -0.3 is 14.0 Å². The number of imidazole rings is 1. The molecule has 8 heteroatoms. The third kappa shape index (κ3) is 3.60. The van der Waals surface area contributed by atoms with Gasteiger partial charge in [0.1, 0.15) is 17.6 Å². The van der Waals surface area contributed by atoms with E-state index in [1.54, 1.807) is 12.4 Å². The van der Waals surface area contributed by atoms with E-state index in [0.29, 0.717) is 30.4 Å². The van der Waals surface area contributed by atoms with Crippen molar-refractivity contribution in [3.05, 3.63) is 48.5 Å². The van der Waals surface area contributed by atoms with Gasteiger partial charge >= 0.3 is 0 Å². The molecule has 0 radical (unpaired) electrons. The van der Waals surface area contributed by atoms with Gasteiger partial charge in [0.2, 0.25) is 17.6 Å². The highest BCUT2D eigenvalue weighted by Crippen LogP contribution is 2.32. The highest BCUT2D eigenvalue weighted by atomic mass is 16.5. The molecule has 1 saturated heterocycles. The largest absolute Gasteiger partial charge is 0.337 e. The second-order valence-corrected chi connectivity index (χ2v) is 6.56. The molecule has 0 N–H and O–H groups in total. The highest BCUT2D eigenvalue weighted by molar-refractivity contribution is 5.76. The Balaban J connectivity index is 1.44. The van der Waals surface area contributed by atoms with Crippen LogP contribution in [0.3, 0.4) is 0 Å². The summed E-state index contributed by atoms with van der Waals surface area (Å²) in [6.07, 6.45) is 8.44.